The van der Waals surface area contributed by atoms with Crippen molar-refractivity contribution < 1.29 is 19.4 Å². The smallest absolute Gasteiger partial charge is 0.306 e. The minimum atomic E-state index is -0.833. The van der Waals surface area contributed by atoms with Crippen LogP contribution in [0.4, 0.5) is 11.4 Å². The number of methoxy groups -OCH3 is 1. The van der Waals surface area contributed by atoms with Crippen LogP contribution < -0.4 is 10.6 Å². The molecule has 0 aliphatic carbocycles. The number of anilines is 2. The third-order valence-electron chi connectivity index (χ3n) is 5.15. The van der Waals surface area contributed by atoms with Gasteiger partial charge in [0.15, 0.2) is 0 Å². The standard InChI is InChI=1S/C21H34N2O4/c1-5-15(13-20(24)26-4)16-6-7-19(18(22)12-16)23(14-21(2,3)25)17-8-10-27-11-9-17/h6-7,12,15,17,25H,5,8-11,13-14,22H2,1-4H3/t15-/m1/s1. The molecule has 6 heteroatoms. The van der Waals surface area contributed by atoms with E-state index >= 15 is 0 Å². The number of nitrogen functional groups attached to an aromatic ring is 1. The average molecular weight is 379 g/mol. The van der Waals surface area contributed by atoms with Gasteiger partial charge in [0.05, 0.1) is 30.5 Å². The van der Waals surface area contributed by atoms with Crippen LogP contribution in [0.3, 0.4) is 0 Å². The van der Waals surface area contributed by atoms with Crippen LogP contribution in [0, 0.1) is 0 Å². The first-order valence-electron chi connectivity index (χ1n) is 9.78. The van der Waals surface area contributed by atoms with Crippen molar-refractivity contribution in [1.29, 1.82) is 0 Å². The number of benzene rings is 1. The summed E-state index contributed by atoms with van der Waals surface area (Å²) < 4.78 is 10.3. The van der Waals surface area contributed by atoms with Gasteiger partial charge in [0.1, 0.15) is 0 Å². The second-order valence-corrected chi connectivity index (χ2v) is 7.99. The van der Waals surface area contributed by atoms with E-state index in [0.717, 1.165) is 43.7 Å². The molecule has 1 aromatic carbocycles. The second kappa shape index (κ2) is 9.42. The van der Waals surface area contributed by atoms with E-state index in [1.54, 1.807) is 0 Å². The fraction of sp³-hybridized carbons (Fsp3) is 0.667. The van der Waals surface area contributed by atoms with Crippen LogP contribution in [-0.4, -0.2) is 49.6 Å². The zero-order valence-corrected chi connectivity index (χ0v) is 17.0. The minimum Gasteiger partial charge on any atom is -0.469 e. The van der Waals surface area contributed by atoms with Crippen LogP contribution in [0.5, 0.6) is 0 Å². The topological polar surface area (TPSA) is 85.0 Å². The number of aliphatic hydroxyl groups is 1. The van der Waals surface area contributed by atoms with Gasteiger partial charge in [-0.05, 0) is 56.7 Å². The van der Waals surface area contributed by atoms with E-state index in [1.807, 2.05) is 32.0 Å². The quantitative estimate of drug-likeness (QED) is 0.534. The SMILES string of the molecule is CC[C@H](CC(=O)OC)c1ccc(N(CC(C)(C)O)C2CCOCC2)c(N)c1. The molecule has 1 saturated heterocycles. The maximum atomic E-state index is 11.7. The number of hydrogen-bond donors (Lipinski definition) is 2. The van der Waals surface area contributed by atoms with Crippen molar-refractivity contribution in [3.63, 3.8) is 0 Å². The molecule has 0 amide bonds. The molecule has 1 aliphatic rings. The molecule has 1 atom stereocenters. The van der Waals surface area contributed by atoms with Crippen LogP contribution in [0.1, 0.15) is 57.9 Å². The van der Waals surface area contributed by atoms with Gasteiger partial charge in [-0.15, -0.1) is 0 Å². The predicted octanol–water partition coefficient (Wildman–Crippen LogP) is 3.08. The number of nitrogens with zero attached hydrogens (tertiary/aromatic N) is 1. The Morgan fingerprint density at radius 2 is 2.07 bits per heavy atom. The Labute approximate surface area is 162 Å². The first-order chi connectivity index (χ1) is 12.7. The molecule has 3 N–H and O–H groups in total. The maximum Gasteiger partial charge on any atom is 0.306 e. The fourth-order valence-electron chi connectivity index (χ4n) is 3.70. The molecular formula is C21H34N2O4. The normalized spacial score (nSPS) is 16.8. The van der Waals surface area contributed by atoms with Gasteiger partial charge >= 0.3 is 5.97 Å². The summed E-state index contributed by atoms with van der Waals surface area (Å²) in [5.74, 6) is -0.130. The predicted molar refractivity (Wildman–Crippen MR) is 108 cm³/mol. The highest BCUT2D eigenvalue weighted by Gasteiger charge is 2.28. The summed E-state index contributed by atoms with van der Waals surface area (Å²) in [6, 6.07) is 6.31. The molecule has 1 aliphatic heterocycles. The van der Waals surface area contributed by atoms with Crippen molar-refractivity contribution >= 4 is 17.3 Å². The maximum absolute atomic E-state index is 11.7. The number of nitrogens with two attached hydrogens (primary N) is 1. The molecule has 0 unspecified atom stereocenters. The van der Waals surface area contributed by atoms with Crippen LogP contribution in [-0.2, 0) is 14.3 Å². The molecule has 1 fully saturated rings. The first-order valence-corrected chi connectivity index (χ1v) is 9.78. The van der Waals surface area contributed by atoms with Gasteiger partial charge in [0.2, 0.25) is 0 Å². The molecule has 152 valence electrons. The van der Waals surface area contributed by atoms with Crippen LogP contribution >= 0.6 is 0 Å². The molecule has 1 aromatic rings. The molecule has 27 heavy (non-hydrogen) atoms. The lowest BCUT2D eigenvalue weighted by molar-refractivity contribution is -0.141. The lowest BCUT2D eigenvalue weighted by atomic mass is 9.92. The van der Waals surface area contributed by atoms with E-state index in [1.165, 1.54) is 7.11 Å². The Hall–Kier alpha value is -1.79. The molecule has 0 aromatic heterocycles. The molecule has 2 rings (SSSR count). The van der Waals surface area contributed by atoms with Gasteiger partial charge in [0, 0.05) is 25.8 Å². The van der Waals surface area contributed by atoms with Crippen molar-refractivity contribution in [3.8, 4) is 0 Å². The van der Waals surface area contributed by atoms with Crippen molar-refractivity contribution in [3.05, 3.63) is 23.8 Å². The lowest BCUT2D eigenvalue weighted by Gasteiger charge is -2.40. The summed E-state index contributed by atoms with van der Waals surface area (Å²) in [4.78, 5) is 13.9. The Morgan fingerprint density at radius 1 is 1.41 bits per heavy atom. The van der Waals surface area contributed by atoms with Crippen molar-refractivity contribution in [2.75, 3.05) is 37.5 Å². The number of ether oxygens (including phenoxy) is 2. The number of carbonyl (C=O) groups is 1. The summed E-state index contributed by atoms with van der Waals surface area (Å²) >= 11 is 0. The van der Waals surface area contributed by atoms with Crippen molar-refractivity contribution in [1.82, 2.24) is 0 Å². The molecule has 6 nitrogen and oxygen atoms in total. The molecule has 0 radical (unpaired) electrons. The van der Waals surface area contributed by atoms with Gasteiger partial charge in [-0.2, -0.15) is 0 Å². The largest absolute Gasteiger partial charge is 0.469 e. The third kappa shape index (κ3) is 6.11. The number of esters is 1. The Balaban J connectivity index is 2.29. The summed E-state index contributed by atoms with van der Waals surface area (Å²) in [6.45, 7) is 7.63. The zero-order valence-electron chi connectivity index (χ0n) is 17.0. The molecular weight excluding hydrogens is 344 g/mol. The van der Waals surface area contributed by atoms with Crippen LogP contribution in [0.15, 0.2) is 18.2 Å². The number of carbonyl (C=O) groups excluding carboxylic acids is 1. The molecule has 0 bridgehead atoms. The number of hydrogen-bond acceptors (Lipinski definition) is 6. The number of rotatable bonds is 8. The molecule has 0 saturated carbocycles. The summed E-state index contributed by atoms with van der Waals surface area (Å²) in [6.07, 6.45) is 3.01. The van der Waals surface area contributed by atoms with E-state index in [4.69, 9.17) is 15.2 Å². The van der Waals surface area contributed by atoms with Gasteiger partial charge in [-0.1, -0.05) is 13.0 Å². The lowest BCUT2D eigenvalue weighted by Crippen LogP contribution is -2.47. The summed E-state index contributed by atoms with van der Waals surface area (Å²) in [5.41, 5.74) is 8.24. The zero-order chi connectivity index (χ0) is 20.0. The van der Waals surface area contributed by atoms with Gasteiger partial charge < -0.3 is 25.2 Å². The monoisotopic (exact) mass is 378 g/mol. The van der Waals surface area contributed by atoms with Crippen LogP contribution in [0.25, 0.3) is 0 Å². The van der Waals surface area contributed by atoms with Gasteiger partial charge in [-0.25, -0.2) is 0 Å². The summed E-state index contributed by atoms with van der Waals surface area (Å²) in [5, 5.41) is 10.4. The Morgan fingerprint density at radius 3 is 2.59 bits per heavy atom. The molecule has 1 heterocycles. The third-order valence-corrected chi connectivity index (χ3v) is 5.15. The van der Waals surface area contributed by atoms with E-state index in [2.05, 4.69) is 11.8 Å². The van der Waals surface area contributed by atoms with Crippen molar-refractivity contribution in [2.24, 2.45) is 0 Å². The Bertz CT molecular complexity index is 621. The average Bonchev–Trinajstić information content (AvgIpc) is 2.64. The van der Waals surface area contributed by atoms with E-state index in [9.17, 15) is 9.90 Å². The van der Waals surface area contributed by atoms with E-state index < -0.39 is 5.60 Å². The first kappa shape index (κ1) is 21.5. The highest BCUT2D eigenvalue weighted by atomic mass is 16.5. The minimum absolute atomic E-state index is 0.0830. The van der Waals surface area contributed by atoms with E-state index in [0.29, 0.717) is 18.7 Å². The molecule has 0 spiro atoms. The highest BCUT2D eigenvalue weighted by Crippen LogP contribution is 2.34. The Kier molecular flexibility index (Phi) is 7.50. The van der Waals surface area contributed by atoms with Gasteiger partial charge in [0.25, 0.3) is 0 Å². The summed E-state index contributed by atoms with van der Waals surface area (Å²) in [7, 11) is 1.41. The van der Waals surface area contributed by atoms with Crippen LogP contribution in [0.2, 0.25) is 0 Å². The highest BCUT2D eigenvalue weighted by molar-refractivity contribution is 5.72. The van der Waals surface area contributed by atoms with Crippen molar-refractivity contribution in [2.45, 2.75) is 64.0 Å². The fourth-order valence-corrected chi connectivity index (χ4v) is 3.70. The van der Waals surface area contributed by atoms with E-state index in [-0.39, 0.29) is 17.9 Å². The second-order valence-electron chi connectivity index (χ2n) is 7.99. The van der Waals surface area contributed by atoms with Gasteiger partial charge in [-0.3, -0.25) is 4.79 Å².